The minimum atomic E-state index is -0.197. The van der Waals surface area contributed by atoms with Crippen LogP contribution in [0.25, 0.3) is 0 Å². The summed E-state index contributed by atoms with van der Waals surface area (Å²) in [5.74, 6) is -0.197. The van der Waals surface area contributed by atoms with Crippen molar-refractivity contribution in [2.24, 2.45) is 0 Å². The van der Waals surface area contributed by atoms with Gasteiger partial charge in [-0.2, -0.15) is 0 Å². The molecule has 0 fully saturated rings. The van der Waals surface area contributed by atoms with E-state index < -0.39 is 0 Å². The average molecular weight is 250 g/mol. The van der Waals surface area contributed by atoms with Gasteiger partial charge in [-0.1, -0.05) is 12.1 Å². The molecule has 4 heteroatoms. The van der Waals surface area contributed by atoms with E-state index in [-0.39, 0.29) is 11.9 Å². The Morgan fingerprint density at radius 1 is 1.35 bits per heavy atom. The third kappa shape index (κ3) is 3.35. The van der Waals surface area contributed by atoms with Crippen molar-refractivity contribution in [1.82, 2.24) is 10.3 Å². The molecule has 2 nitrogen and oxygen atoms in total. The summed E-state index contributed by atoms with van der Waals surface area (Å²) in [5, 5.41) is 6.51. The summed E-state index contributed by atoms with van der Waals surface area (Å²) in [5.41, 5.74) is 2.13. The van der Waals surface area contributed by atoms with E-state index in [1.807, 2.05) is 12.3 Å². The van der Waals surface area contributed by atoms with Gasteiger partial charge in [0.15, 0.2) is 0 Å². The van der Waals surface area contributed by atoms with Crippen molar-refractivity contribution in [2.45, 2.75) is 26.4 Å². The van der Waals surface area contributed by atoms with E-state index in [1.165, 1.54) is 12.1 Å². The monoisotopic (exact) mass is 250 g/mol. The van der Waals surface area contributed by atoms with Crippen molar-refractivity contribution in [3.05, 3.63) is 51.7 Å². The smallest absolute Gasteiger partial charge is 0.123 e. The standard InChI is InChI=1S/C13H15FN2S/c1-9-8-17-13(16-9)10(2)15-7-11-3-5-12(14)6-4-11/h3-6,8,10,15H,7H2,1-2H3. The molecule has 0 saturated carbocycles. The number of rotatable bonds is 4. The fourth-order valence-electron chi connectivity index (χ4n) is 1.53. The fraction of sp³-hybridized carbons (Fsp3) is 0.308. The third-order valence-corrected chi connectivity index (χ3v) is 3.68. The number of aromatic nitrogens is 1. The van der Waals surface area contributed by atoms with Crippen LogP contribution in [-0.4, -0.2) is 4.98 Å². The van der Waals surface area contributed by atoms with E-state index in [4.69, 9.17) is 0 Å². The van der Waals surface area contributed by atoms with Crippen LogP contribution in [0, 0.1) is 12.7 Å². The van der Waals surface area contributed by atoms with E-state index >= 15 is 0 Å². The van der Waals surface area contributed by atoms with E-state index in [0.29, 0.717) is 0 Å². The maximum absolute atomic E-state index is 12.7. The summed E-state index contributed by atoms with van der Waals surface area (Å²) in [7, 11) is 0. The molecule has 1 unspecified atom stereocenters. The fourth-order valence-corrected chi connectivity index (χ4v) is 2.36. The summed E-state index contributed by atoms with van der Waals surface area (Å²) in [4.78, 5) is 4.43. The van der Waals surface area contributed by atoms with E-state index in [1.54, 1.807) is 23.5 Å². The second kappa shape index (κ2) is 5.38. The number of thiazole rings is 1. The van der Waals surface area contributed by atoms with Crippen molar-refractivity contribution in [1.29, 1.82) is 0 Å². The number of halogens is 1. The Hall–Kier alpha value is -1.26. The lowest BCUT2D eigenvalue weighted by Crippen LogP contribution is -2.17. The molecule has 0 radical (unpaired) electrons. The number of hydrogen-bond donors (Lipinski definition) is 1. The first-order valence-corrected chi connectivity index (χ1v) is 6.43. The van der Waals surface area contributed by atoms with Gasteiger partial charge in [0.25, 0.3) is 0 Å². The Bertz CT molecular complexity index is 478. The molecule has 0 aliphatic carbocycles. The lowest BCUT2D eigenvalue weighted by Gasteiger charge is -2.10. The van der Waals surface area contributed by atoms with Crippen LogP contribution >= 0.6 is 11.3 Å². The molecule has 1 atom stereocenters. The maximum atomic E-state index is 12.7. The highest BCUT2D eigenvalue weighted by molar-refractivity contribution is 7.09. The van der Waals surface area contributed by atoms with Gasteiger partial charge in [-0.25, -0.2) is 9.37 Å². The van der Waals surface area contributed by atoms with Crippen molar-refractivity contribution >= 4 is 11.3 Å². The summed E-state index contributed by atoms with van der Waals surface area (Å²) >= 11 is 1.66. The molecule has 1 N–H and O–H groups in total. The number of benzene rings is 1. The molecule has 2 rings (SSSR count). The molecule has 1 heterocycles. The quantitative estimate of drug-likeness (QED) is 0.899. The van der Waals surface area contributed by atoms with Crippen molar-refractivity contribution in [3.8, 4) is 0 Å². The molecule has 0 aliphatic rings. The lowest BCUT2D eigenvalue weighted by atomic mass is 10.2. The summed E-state index contributed by atoms with van der Waals surface area (Å²) < 4.78 is 12.7. The Balaban J connectivity index is 1.92. The third-order valence-electron chi connectivity index (χ3n) is 2.53. The Morgan fingerprint density at radius 3 is 2.65 bits per heavy atom. The minimum absolute atomic E-state index is 0.197. The van der Waals surface area contributed by atoms with Gasteiger partial charge in [-0.3, -0.25) is 0 Å². The Morgan fingerprint density at radius 2 is 2.06 bits per heavy atom. The van der Waals surface area contributed by atoms with E-state index in [2.05, 4.69) is 17.2 Å². The summed E-state index contributed by atoms with van der Waals surface area (Å²) in [6.07, 6.45) is 0. The van der Waals surface area contributed by atoms with Crippen LogP contribution in [0.1, 0.15) is 29.2 Å². The van der Waals surface area contributed by atoms with Gasteiger partial charge < -0.3 is 5.32 Å². The van der Waals surface area contributed by atoms with E-state index in [9.17, 15) is 4.39 Å². The number of nitrogens with zero attached hydrogens (tertiary/aromatic N) is 1. The average Bonchev–Trinajstić information content (AvgIpc) is 2.75. The molecule has 0 spiro atoms. The second-order valence-corrected chi connectivity index (χ2v) is 4.95. The van der Waals surface area contributed by atoms with Gasteiger partial charge in [-0.15, -0.1) is 11.3 Å². The summed E-state index contributed by atoms with van der Waals surface area (Å²) in [6, 6.07) is 6.77. The van der Waals surface area contributed by atoms with Gasteiger partial charge in [0, 0.05) is 17.6 Å². The SMILES string of the molecule is Cc1csc(C(C)NCc2ccc(F)cc2)n1. The Labute approximate surface area is 105 Å². The normalized spacial score (nSPS) is 12.6. The van der Waals surface area contributed by atoms with Crippen LogP contribution < -0.4 is 5.32 Å². The first-order valence-electron chi connectivity index (χ1n) is 5.55. The minimum Gasteiger partial charge on any atom is -0.304 e. The molecule has 0 saturated heterocycles. The van der Waals surface area contributed by atoms with Crippen molar-refractivity contribution < 1.29 is 4.39 Å². The molecule has 90 valence electrons. The largest absolute Gasteiger partial charge is 0.304 e. The van der Waals surface area contributed by atoms with Gasteiger partial charge in [0.1, 0.15) is 10.8 Å². The van der Waals surface area contributed by atoms with Gasteiger partial charge in [0.05, 0.1) is 6.04 Å². The molecular formula is C13H15FN2S. The van der Waals surface area contributed by atoms with Crippen LogP contribution in [0.4, 0.5) is 4.39 Å². The van der Waals surface area contributed by atoms with Crippen LogP contribution in [0.3, 0.4) is 0 Å². The molecule has 0 amide bonds. The highest BCUT2D eigenvalue weighted by Crippen LogP contribution is 2.17. The maximum Gasteiger partial charge on any atom is 0.123 e. The Kier molecular flexibility index (Phi) is 3.86. The van der Waals surface area contributed by atoms with E-state index in [0.717, 1.165) is 22.8 Å². The first kappa shape index (κ1) is 12.2. The number of hydrogen-bond acceptors (Lipinski definition) is 3. The van der Waals surface area contributed by atoms with Crippen molar-refractivity contribution in [3.63, 3.8) is 0 Å². The van der Waals surface area contributed by atoms with Crippen LogP contribution in [0.2, 0.25) is 0 Å². The van der Waals surface area contributed by atoms with Crippen LogP contribution in [0.5, 0.6) is 0 Å². The molecule has 1 aromatic carbocycles. The number of aryl methyl sites for hydroxylation is 1. The molecule has 0 bridgehead atoms. The highest BCUT2D eigenvalue weighted by atomic mass is 32.1. The first-order chi connectivity index (χ1) is 8.15. The zero-order valence-electron chi connectivity index (χ0n) is 9.90. The van der Waals surface area contributed by atoms with Gasteiger partial charge in [-0.05, 0) is 31.5 Å². The highest BCUT2D eigenvalue weighted by Gasteiger charge is 2.08. The summed E-state index contributed by atoms with van der Waals surface area (Å²) in [6.45, 7) is 4.80. The molecule has 1 aromatic heterocycles. The lowest BCUT2D eigenvalue weighted by molar-refractivity contribution is 0.569. The topological polar surface area (TPSA) is 24.9 Å². The molecule has 0 aliphatic heterocycles. The zero-order chi connectivity index (χ0) is 12.3. The second-order valence-electron chi connectivity index (χ2n) is 4.06. The van der Waals surface area contributed by atoms with Crippen LogP contribution in [0.15, 0.2) is 29.6 Å². The molecular weight excluding hydrogens is 235 g/mol. The predicted molar refractivity (Wildman–Crippen MR) is 68.5 cm³/mol. The van der Waals surface area contributed by atoms with Crippen LogP contribution in [-0.2, 0) is 6.54 Å². The van der Waals surface area contributed by atoms with Gasteiger partial charge >= 0.3 is 0 Å². The van der Waals surface area contributed by atoms with Gasteiger partial charge in [0.2, 0.25) is 0 Å². The molecule has 17 heavy (non-hydrogen) atoms. The van der Waals surface area contributed by atoms with Crippen molar-refractivity contribution in [2.75, 3.05) is 0 Å². The predicted octanol–water partition coefficient (Wildman–Crippen LogP) is 3.44. The number of nitrogens with one attached hydrogen (secondary N) is 1. The zero-order valence-corrected chi connectivity index (χ0v) is 10.7. The molecule has 2 aromatic rings.